The number of halogens is 4. The minimum absolute atomic E-state index is 0. The molecule has 2 heterocycles. The molecule has 0 N–H and O–H groups in total. The van der Waals surface area contributed by atoms with E-state index in [1.165, 1.54) is 35.2 Å². The van der Waals surface area contributed by atoms with Crippen molar-refractivity contribution in [1.82, 2.24) is 9.80 Å². The standard InChI is InChI=1S/C27H32F2N2.2ClH/c28-27(29)14-4-15-30(20-27)16-13-21-7-9-23(10-8-21)25-12-11-24-18-31(19-26(24)25)17-22-5-2-1-3-6-22;;/h1-3,5-10,12,24,26H,4,11,13-20H2;2*1H. The molecule has 0 spiro atoms. The number of likely N-dealkylation sites (tertiary alicyclic amines) is 2. The SMILES string of the molecule is Cl.Cl.FC1(F)CCCN(CCc2ccc(C3=CCC4CN(Cc5ccccc5)CC34)cc2)C1. The van der Waals surface area contributed by atoms with Crippen molar-refractivity contribution in [2.75, 3.05) is 32.7 Å². The number of rotatable bonds is 6. The highest BCUT2D eigenvalue weighted by atomic mass is 35.5. The maximum absolute atomic E-state index is 13.6. The van der Waals surface area contributed by atoms with E-state index in [0.717, 1.165) is 38.5 Å². The number of piperidine rings is 1. The van der Waals surface area contributed by atoms with Crippen molar-refractivity contribution < 1.29 is 8.78 Å². The van der Waals surface area contributed by atoms with Crippen molar-refractivity contribution in [2.24, 2.45) is 11.8 Å². The van der Waals surface area contributed by atoms with Crippen LogP contribution in [0.1, 0.15) is 36.0 Å². The summed E-state index contributed by atoms with van der Waals surface area (Å²) in [5.41, 5.74) is 5.47. The molecule has 180 valence electrons. The molecule has 6 heteroatoms. The Morgan fingerprint density at radius 1 is 0.879 bits per heavy atom. The van der Waals surface area contributed by atoms with Gasteiger partial charge in [0.25, 0.3) is 5.92 Å². The smallest absolute Gasteiger partial charge is 0.260 e. The first-order valence-electron chi connectivity index (χ1n) is 11.7. The van der Waals surface area contributed by atoms with E-state index in [1.807, 2.05) is 4.90 Å². The number of hydrogen-bond acceptors (Lipinski definition) is 2. The van der Waals surface area contributed by atoms with Crippen LogP contribution in [0.3, 0.4) is 0 Å². The zero-order valence-corrected chi connectivity index (χ0v) is 20.6. The Labute approximate surface area is 208 Å². The Balaban J connectivity index is 0.00000153. The predicted octanol–water partition coefficient (Wildman–Crippen LogP) is 6.34. The Bertz CT molecular complexity index is 917. The fraction of sp³-hybridized carbons (Fsp3) is 0.481. The molecule has 2 saturated heterocycles. The molecule has 0 aromatic heterocycles. The molecule has 0 saturated carbocycles. The van der Waals surface area contributed by atoms with Crippen molar-refractivity contribution in [3.63, 3.8) is 0 Å². The molecule has 2 aromatic carbocycles. The average Bonchev–Trinajstić information content (AvgIpc) is 3.33. The Morgan fingerprint density at radius 3 is 2.36 bits per heavy atom. The third-order valence-electron chi connectivity index (χ3n) is 7.28. The molecule has 2 nitrogen and oxygen atoms in total. The molecule has 5 rings (SSSR count). The molecule has 2 aliphatic heterocycles. The van der Waals surface area contributed by atoms with Crippen molar-refractivity contribution in [3.05, 3.63) is 77.4 Å². The first kappa shape index (κ1) is 26.2. The zero-order chi connectivity index (χ0) is 21.3. The number of hydrogen-bond donors (Lipinski definition) is 0. The summed E-state index contributed by atoms with van der Waals surface area (Å²) in [5.74, 6) is -1.15. The van der Waals surface area contributed by atoms with Crippen molar-refractivity contribution in [3.8, 4) is 0 Å². The van der Waals surface area contributed by atoms with Gasteiger partial charge in [0.2, 0.25) is 0 Å². The van der Waals surface area contributed by atoms with E-state index < -0.39 is 5.92 Å². The van der Waals surface area contributed by atoms with E-state index in [2.05, 4.69) is 65.6 Å². The summed E-state index contributed by atoms with van der Waals surface area (Å²) in [7, 11) is 0. The van der Waals surface area contributed by atoms with Crippen LogP contribution in [-0.2, 0) is 13.0 Å². The lowest BCUT2D eigenvalue weighted by atomic mass is 9.90. The van der Waals surface area contributed by atoms with Crippen LogP contribution in [0.2, 0.25) is 0 Å². The monoisotopic (exact) mass is 494 g/mol. The van der Waals surface area contributed by atoms with E-state index in [4.69, 9.17) is 0 Å². The Hall–Kier alpha value is -1.46. The quantitative estimate of drug-likeness (QED) is 0.462. The lowest BCUT2D eigenvalue weighted by molar-refractivity contribution is -0.0635. The summed E-state index contributed by atoms with van der Waals surface area (Å²) >= 11 is 0. The van der Waals surface area contributed by atoms with Gasteiger partial charge in [-0.2, -0.15) is 0 Å². The third-order valence-corrected chi connectivity index (χ3v) is 7.28. The van der Waals surface area contributed by atoms with Crippen LogP contribution in [0.15, 0.2) is 60.7 Å². The minimum atomic E-state index is -2.51. The first-order chi connectivity index (χ1) is 15.1. The second-order valence-corrected chi connectivity index (χ2v) is 9.62. The van der Waals surface area contributed by atoms with Gasteiger partial charge in [-0.1, -0.05) is 60.7 Å². The van der Waals surface area contributed by atoms with Gasteiger partial charge in [0.15, 0.2) is 0 Å². The molecular formula is C27H34Cl2F2N2. The summed E-state index contributed by atoms with van der Waals surface area (Å²) in [4.78, 5) is 4.52. The molecular weight excluding hydrogens is 461 g/mol. The van der Waals surface area contributed by atoms with Crippen LogP contribution in [0, 0.1) is 11.8 Å². The molecule has 0 amide bonds. The molecule has 3 aliphatic rings. The molecule has 2 unspecified atom stereocenters. The van der Waals surface area contributed by atoms with Gasteiger partial charge in [-0.05, 0) is 54.0 Å². The number of nitrogens with zero attached hydrogens (tertiary/aromatic N) is 2. The summed E-state index contributed by atoms with van der Waals surface area (Å²) in [6.45, 7) is 4.78. The van der Waals surface area contributed by atoms with Crippen LogP contribution in [0.4, 0.5) is 8.78 Å². The van der Waals surface area contributed by atoms with E-state index in [-0.39, 0.29) is 37.8 Å². The highest BCUT2D eigenvalue weighted by Crippen LogP contribution is 2.43. The van der Waals surface area contributed by atoms with E-state index in [9.17, 15) is 8.78 Å². The van der Waals surface area contributed by atoms with Crippen LogP contribution in [-0.4, -0.2) is 48.4 Å². The van der Waals surface area contributed by atoms with E-state index in [0.29, 0.717) is 12.3 Å². The second kappa shape index (κ2) is 11.3. The van der Waals surface area contributed by atoms with Gasteiger partial charge < -0.3 is 0 Å². The van der Waals surface area contributed by atoms with Crippen molar-refractivity contribution in [1.29, 1.82) is 0 Å². The highest BCUT2D eigenvalue weighted by Gasteiger charge is 2.38. The number of allylic oxidation sites excluding steroid dienone is 1. The third kappa shape index (κ3) is 6.36. The minimum Gasteiger partial charge on any atom is -0.298 e. The fourth-order valence-corrected chi connectivity index (χ4v) is 5.67. The van der Waals surface area contributed by atoms with Gasteiger partial charge >= 0.3 is 0 Å². The normalized spacial score (nSPS) is 24.5. The zero-order valence-electron chi connectivity index (χ0n) is 19.0. The maximum atomic E-state index is 13.6. The van der Waals surface area contributed by atoms with Gasteiger partial charge in [0.1, 0.15) is 0 Å². The number of fused-ring (bicyclic) bond motifs is 1. The maximum Gasteiger partial charge on any atom is 0.260 e. The summed E-state index contributed by atoms with van der Waals surface area (Å²) < 4.78 is 27.2. The second-order valence-electron chi connectivity index (χ2n) is 9.62. The topological polar surface area (TPSA) is 6.48 Å². The molecule has 2 atom stereocenters. The largest absolute Gasteiger partial charge is 0.298 e. The van der Waals surface area contributed by atoms with Crippen LogP contribution in [0.5, 0.6) is 0 Å². The number of benzene rings is 2. The first-order valence-corrected chi connectivity index (χ1v) is 11.7. The van der Waals surface area contributed by atoms with Crippen molar-refractivity contribution in [2.45, 2.75) is 38.2 Å². The molecule has 33 heavy (non-hydrogen) atoms. The van der Waals surface area contributed by atoms with Gasteiger partial charge in [-0.25, -0.2) is 8.78 Å². The lowest BCUT2D eigenvalue weighted by Gasteiger charge is -2.32. The summed E-state index contributed by atoms with van der Waals surface area (Å²) in [5, 5.41) is 0. The van der Waals surface area contributed by atoms with Crippen LogP contribution in [0.25, 0.3) is 5.57 Å². The van der Waals surface area contributed by atoms with Gasteiger partial charge in [0, 0.05) is 38.5 Å². The molecule has 2 fully saturated rings. The van der Waals surface area contributed by atoms with E-state index >= 15 is 0 Å². The molecule has 1 aliphatic carbocycles. The Kier molecular flexibility index (Phi) is 8.96. The van der Waals surface area contributed by atoms with Gasteiger partial charge in [0.05, 0.1) is 6.54 Å². The van der Waals surface area contributed by atoms with Crippen LogP contribution < -0.4 is 0 Å². The molecule has 0 bridgehead atoms. The van der Waals surface area contributed by atoms with Crippen LogP contribution >= 0.6 is 24.8 Å². The fourth-order valence-electron chi connectivity index (χ4n) is 5.67. The summed E-state index contributed by atoms with van der Waals surface area (Å²) in [6.07, 6.45) is 5.10. The predicted molar refractivity (Wildman–Crippen MR) is 137 cm³/mol. The average molecular weight is 495 g/mol. The molecule has 0 radical (unpaired) electrons. The van der Waals surface area contributed by atoms with Gasteiger partial charge in [-0.3, -0.25) is 9.80 Å². The van der Waals surface area contributed by atoms with Gasteiger partial charge in [-0.15, -0.1) is 24.8 Å². The number of alkyl halides is 2. The highest BCUT2D eigenvalue weighted by molar-refractivity contribution is 5.85. The van der Waals surface area contributed by atoms with E-state index in [1.54, 1.807) is 0 Å². The summed E-state index contributed by atoms with van der Waals surface area (Å²) in [6, 6.07) is 19.6. The Morgan fingerprint density at radius 2 is 1.64 bits per heavy atom. The molecule has 2 aromatic rings. The van der Waals surface area contributed by atoms with Crippen molar-refractivity contribution >= 4 is 30.4 Å². The lowest BCUT2D eigenvalue weighted by Crippen LogP contribution is -2.43.